The van der Waals surface area contributed by atoms with E-state index < -0.39 is 22.8 Å². The van der Waals surface area contributed by atoms with Crippen LogP contribution in [0.1, 0.15) is 55.3 Å². The summed E-state index contributed by atoms with van der Waals surface area (Å²) >= 11 is 0. The molecule has 2 aromatic heterocycles. The van der Waals surface area contributed by atoms with Crippen molar-refractivity contribution in [3.63, 3.8) is 0 Å². The fourth-order valence-corrected chi connectivity index (χ4v) is 4.82. The highest BCUT2D eigenvalue weighted by Gasteiger charge is 2.29. The van der Waals surface area contributed by atoms with Gasteiger partial charge in [-0.1, -0.05) is 26.0 Å². The molecule has 3 aromatic rings. The van der Waals surface area contributed by atoms with Crippen LogP contribution in [-0.2, 0) is 23.0 Å². The molecule has 1 aromatic carbocycles. The van der Waals surface area contributed by atoms with Gasteiger partial charge in [0.2, 0.25) is 11.8 Å². The van der Waals surface area contributed by atoms with Gasteiger partial charge in [-0.25, -0.2) is 18.1 Å². The average Bonchev–Trinajstić information content (AvgIpc) is 3.29. The second-order valence-electron chi connectivity index (χ2n) is 8.88. The lowest BCUT2D eigenvalue weighted by molar-refractivity contribution is -0.154. The van der Waals surface area contributed by atoms with Crippen LogP contribution >= 0.6 is 0 Å². The third-order valence-corrected chi connectivity index (χ3v) is 7.19. The molecule has 0 spiro atoms. The topological polar surface area (TPSA) is 110 Å². The molecule has 13 heteroatoms. The second-order valence-corrected chi connectivity index (χ2v) is 10.6. The first kappa shape index (κ1) is 25.9. The first-order chi connectivity index (χ1) is 16.9. The summed E-state index contributed by atoms with van der Waals surface area (Å²) in [5, 5.41) is 3.68. The van der Waals surface area contributed by atoms with E-state index in [1.807, 2.05) is 20.8 Å². The van der Waals surface area contributed by atoms with Crippen molar-refractivity contribution in [3.05, 3.63) is 59.1 Å². The smallest absolute Gasteiger partial charge is 0.422 e. The first-order valence-electron chi connectivity index (χ1n) is 11.3. The number of nitrogens with one attached hydrogen (secondary N) is 1. The Morgan fingerprint density at radius 3 is 2.58 bits per heavy atom. The number of benzene rings is 1. The first-order valence-corrected chi connectivity index (χ1v) is 12.8. The summed E-state index contributed by atoms with van der Waals surface area (Å²) in [5.74, 6) is 0.0713. The van der Waals surface area contributed by atoms with E-state index >= 15 is 0 Å². The van der Waals surface area contributed by atoms with Gasteiger partial charge in [-0.3, -0.25) is 4.90 Å². The molecule has 0 fully saturated rings. The normalized spacial score (nSPS) is 15.5. The lowest BCUT2D eigenvalue weighted by Crippen LogP contribution is -2.33. The van der Waals surface area contributed by atoms with E-state index in [0.29, 0.717) is 12.4 Å². The number of hydrogen-bond donors (Lipinski definition) is 1. The maximum absolute atomic E-state index is 12.9. The summed E-state index contributed by atoms with van der Waals surface area (Å²) < 4.78 is 74.9. The van der Waals surface area contributed by atoms with E-state index in [2.05, 4.69) is 29.5 Å². The number of hydrogen-bond acceptors (Lipinski definition) is 8. The molecule has 0 saturated heterocycles. The number of pyridine rings is 1. The summed E-state index contributed by atoms with van der Waals surface area (Å²) in [7, 11) is -3.93. The average molecular weight is 526 g/mol. The van der Waals surface area contributed by atoms with Crippen molar-refractivity contribution in [1.29, 1.82) is 0 Å². The lowest BCUT2D eigenvalue weighted by Gasteiger charge is -2.34. The van der Waals surface area contributed by atoms with Crippen molar-refractivity contribution in [3.8, 4) is 5.88 Å². The maximum Gasteiger partial charge on any atom is 0.422 e. The molecule has 0 aliphatic carbocycles. The number of sulfonamides is 1. The van der Waals surface area contributed by atoms with E-state index in [1.165, 1.54) is 12.3 Å². The number of halogens is 3. The van der Waals surface area contributed by atoms with Crippen molar-refractivity contribution >= 4 is 16.0 Å². The Morgan fingerprint density at radius 1 is 1.17 bits per heavy atom. The van der Waals surface area contributed by atoms with Gasteiger partial charge in [-0.15, -0.1) is 0 Å². The number of ether oxygens (including phenoxy) is 1. The zero-order valence-electron chi connectivity index (χ0n) is 19.9. The Kier molecular flexibility index (Phi) is 7.23. The molecule has 1 atom stereocenters. The molecule has 0 amide bonds. The molecule has 1 aliphatic heterocycles. The van der Waals surface area contributed by atoms with Gasteiger partial charge in [-0.05, 0) is 47.3 Å². The van der Waals surface area contributed by atoms with Gasteiger partial charge in [-0.2, -0.15) is 18.2 Å². The van der Waals surface area contributed by atoms with Crippen LogP contribution < -0.4 is 9.46 Å². The van der Waals surface area contributed by atoms with Gasteiger partial charge >= 0.3 is 6.18 Å². The Hall–Kier alpha value is -3.19. The van der Waals surface area contributed by atoms with Crippen LogP contribution in [0.25, 0.3) is 0 Å². The molecular formula is C23H26F3N5O4S. The minimum atomic E-state index is -4.43. The maximum atomic E-state index is 12.9. The summed E-state index contributed by atoms with van der Waals surface area (Å²) in [6, 6.07) is 7.97. The van der Waals surface area contributed by atoms with Crippen LogP contribution in [-0.4, -0.2) is 47.8 Å². The van der Waals surface area contributed by atoms with Gasteiger partial charge in [0.15, 0.2) is 6.61 Å². The highest BCUT2D eigenvalue weighted by atomic mass is 32.2. The summed E-state index contributed by atoms with van der Waals surface area (Å²) in [6.07, 6.45) is -2.22. The lowest BCUT2D eigenvalue weighted by atomic mass is 9.97. The summed E-state index contributed by atoms with van der Waals surface area (Å²) in [6.45, 7) is 5.49. The Morgan fingerprint density at radius 2 is 1.94 bits per heavy atom. The molecule has 9 nitrogen and oxygen atoms in total. The number of alkyl halides is 3. The minimum Gasteiger partial charge on any atom is -0.468 e. The molecule has 0 saturated carbocycles. The fourth-order valence-electron chi connectivity index (χ4n) is 3.83. The van der Waals surface area contributed by atoms with E-state index in [4.69, 9.17) is 4.52 Å². The predicted octanol–water partition coefficient (Wildman–Crippen LogP) is 4.45. The number of fused-ring (bicyclic) bond motifs is 1. The monoisotopic (exact) mass is 525 g/mol. The van der Waals surface area contributed by atoms with Gasteiger partial charge in [0.25, 0.3) is 16.0 Å². The van der Waals surface area contributed by atoms with Crippen molar-refractivity contribution in [1.82, 2.24) is 20.0 Å². The number of nitrogens with zero attached hydrogens (tertiary/aromatic N) is 4. The number of rotatable bonds is 8. The van der Waals surface area contributed by atoms with E-state index in [9.17, 15) is 21.6 Å². The molecule has 3 heterocycles. The fraction of sp³-hybridized carbons (Fsp3) is 0.435. The molecule has 194 valence electrons. The standard InChI is InChI=1S/C23H26F3N5O4S/c1-14(2)21-28-22(29-35-21)30-36(32,33)19-6-4-16-8-9-31(12-18(16)10-19)15(3)17-5-7-20(27-11-17)34-13-23(24,25)26/h4-7,10-11,14-15H,8-9,12-13H2,1-3H3,(H,29,30). The van der Waals surface area contributed by atoms with Crippen LogP contribution in [0.5, 0.6) is 5.88 Å². The Labute approximate surface area is 206 Å². The second kappa shape index (κ2) is 10.1. The van der Waals surface area contributed by atoms with Gasteiger partial charge in [0.05, 0.1) is 4.90 Å². The molecule has 1 aliphatic rings. The molecule has 1 unspecified atom stereocenters. The van der Waals surface area contributed by atoms with Crippen LogP contribution in [0.2, 0.25) is 0 Å². The van der Waals surface area contributed by atoms with Crippen LogP contribution in [0, 0.1) is 0 Å². The van der Waals surface area contributed by atoms with Gasteiger partial charge in [0, 0.05) is 37.3 Å². The van der Waals surface area contributed by atoms with Crippen molar-refractivity contribution in [2.75, 3.05) is 17.9 Å². The van der Waals surface area contributed by atoms with Crippen LogP contribution in [0.4, 0.5) is 19.1 Å². The van der Waals surface area contributed by atoms with Crippen molar-refractivity contribution < 1.29 is 30.8 Å². The van der Waals surface area contributed by atoms with E-state index in [-0.39, 0.29) is 28.7 Å². The van der Waals surface area contributed by atoms with Gasteiger partial charge < -0.3 is 9.26 Å². The quantitative estimate of drug-likeness (QED) is 0.459. The highest BCUT2D eigenvalue weighted by molar-refractivity contribution is 7.92. The third kappa shape index (κ3) is 6.13. The minimum absolute atomic E-state index is 0.0358. The summed E-state index contributed by atoms with van der Waals surface area (Å²) in [4.78, 5) is 10.3. The van der Waals surface area contributed by atoms with Gasteiger partial charge in [0.1, 0.15) is 0 Å². The number of anilines is 1. The van der Waals surface area contributed by atoms with Crippen LogP contribution in [0.15, 0.2) is 45.9 Å². The van der Waals surface area contributed by atoms with E-state index in [1.54, 1.807) is 24.3 Å². The Bertz CT molecular complexity index is 1310. The molecule has 1 N–H and O–H groups in total. The van der Waals surface area contributed by atoms with E-state index in [0.717, 1.165) is 29.7 Å². The molecule has 36 heavy (non-hydrogen) atoms. The molecule has 0 radical (unpaired) electrons. The van der Waals surface area contributed by atoms with Crippen molar-refractivity contribution in [2.45, 2.75) is 56.8 Å². The van der Waals surface area contributed by atoms with Crippen LogP contribution in [0.3, 0.4) is 0 Å². The summed E-state index contributed by atoms with van der Waals surface area (Å²) in [5.41, 5.74) is 2.72. The molecule has 4 rings (SSSR count). The Balaban J connectivity index is 1.45. The number of aromatic nitrogens is 3. The van der Waals surface area contributed by atoms with Crippen molar-refractivity contribution in [2.24, 2.45) is 0 Å². The third-order valence-electron chi connectivity index (χ3n) is 5.86. The molecular weight excluding hydrogens is 499 g/mol. The zero-order chi connectivity index (χ0) is 26.1. The predicted molar refractivity (Wildman–Crippen MR) is 124 cm³/mol. The highest BCUT2D eigenvalue weighted by Crippen LogP contribution is 2.30. The molecule has 0 bridgehead atoms. The SMILES string of the molecule is CC(C)c1nc(NS(=O)(=O)c2ccc3c(c2)CN(C(C)c2ccc(OCC(F)(F)F)nc2)CC3)no1. The zero-order valence-corrected chi connectivity index (χ0v) is 20.7. The largest absolute Gasteiger partial charge is 0.468 e.